The minimum Gasteiger partial charge on any atom is -0.343 e. The quantitative estimate of drug-likeness (QED) is 0.721. The molecule has 1 heterocycles. The fourth-order valence-corrected chi connectivity index (χ4v) is 5.37. The summed E-state index contributed by atoms with van der Waals surface area (Å²) < 4.78 is 29.3. The van der Waals surface area contributed by atoms with Crippen LogP contribution in [0.5, 0.6) is 0 Å². The van der Waals surface area contributed by atoms with Gasteiger partial charge in [0.05, 0.1) is 18.0 Å². The highest BCUT2D eigenvalue weighted by atomic mass is 32.2. The molecular formula is C20H23N3O3S2. The van der Waals surface area contributed by atoms with Gasteiger partial charge in [-0.15, -0.1) is 4.40 Å². The molecule has 0 spiro atoms. The van der Waals surface area contributed by atoms with Gasteiger partial charge in [-0.2, -0.15) is 8.42 Å². The summed E-state index contributed by atoms with van der Waals surface area (Å²) in [6, 6.07) is 16.6. The minimum atomic E-state index is -3.80. The standard InChI is InChI=1S/C20H23N3O3S2/c1-3-22(4-2)19(24)15-27-20-21-28(25,26)18-13-9-8-12-17(18)23(20)14-16-10-6-5-7-11-16/h5-13H,3-4,14-15H2,1-2H3. The van der Waals surface area contributed by atoms with Gasteiger partial charge in [0.1, 0.15) is 4.90 Å². The molecule has 0 bridgehead atoms. The van der Waals surface area contributed by atoms with Gasteiger partial charge in [0.25, 0.3) is 10.0 Å². The van der Waals surface area contributed by atoms with E-state index in [1.54, 1.807) is 29.2 Å². The van der Waals surface area contributed by atoms with Crippen molar-refractivity contribution >= 4 is 38.5 Å². The molecule has 1 aliphatic rings. The molecule has 28 heavy (non-hydrogen) atoms. The first-order chi connectivity index (χ1) is 13.5. The van der Waals surface area contributed by atoms with E-state index in [-0.39, 0.29) is 16.6 Å². The third kappa shape index (κ3) is 4.39. The molecule has 8 heteroatoms. The number of anilines is 1. The summed E-state index contributed by atoms with van der Waals surface area (Å²) in [5.41, 5.74) is 1.61. The van der Waals surface area contributed by atoms with E-state index < -0.39 is 10.0 Å². The first-order valence-corrected chi connectivity index (χ1v) is 11.5. The Morgan fingerprint density at radius 2 is 1.68 bits per heavy atom. The number of hydrogen-bond donors (Lipinski definition) is 0. The molecule has 6 nitrogen and oxygen atoms in total. The maximum absolute atomic E-state index is 12.6. The van der Waals surface area contributed by atoms with Crippen LogP contribution in [0, 0.1) is 0 Å². The lowest BCUT2D eigenvalue weighted by atomic mass is 10.2. The summed E-state index contributed by atoms with van der Waals surface area (Å²) >= 11 is 1.16. The Hall–Kier alpha value is -2.32. The number of fused-ring (bicyclic) bond motifs is 1. The number of benzene rings is 2. The molecule has 0 unspecified atom stereocenters. The van der Waals surface area contributed by atoms with Gasteiger partial charge >= 0.3 is 0 Å². The van der Waals surface area contributed by atoms with Gasteiger partial charge in [-0.05, 0) is 31.5 Å². The highest BCUT2D eigenvalue weighted by Gasteiger charge is 2.31. The van der Waals surface area contributed by atoms with Crippen LogP contribution in [-0.2, 0) is 21.4 Å². The van der Waals surface area contributed by atoms with Crippen molar-refractivity contribution in [2.75, 3.05) is 23.7 Å². The van der Waals surface area contributed by atoms with Crippen LogP contribution in [0.15, 0.2) is 63.9 Å². The summed E-state index contributed by atoms with van der Waals surface area (Å²) in [6.07, 6.45) is 0. The first-order valence-electron chi connectivity index (χ1n) is 9.12. The van der Waals surface area contributed by atoms with Crippen molar-refractivity contribution in [1.29, 1.82) is 0 Å². The lowest BCUT2D eigenvalue weighted by Gasteiger charge is -2.30. The minimum absolute atomic E-state index is 0.0337. The lowest BCUT2D eigenvalue weighted by Crippen LogP contribution is -2.36. The number of para-hydroxylation sites is 1. The second-order valence-electron chi connectivity index (χ2n) is 6.24. The fraction of sp³-hybridized carbons (Fsp3) is 0.300. The van der Waals surface area contributed by atoms with Crippen LogP contribution in [0.2, 0.25) is 0 Å². The molecule has 0 radical (unpaired) electrons. The first kappa shape index (κ1) is 20.4. The smallest absolute Gasteiger partial charge is 0.286 e. The second-order valence-corrected chi connectivity index (χ2v) is 8.76. The number of amidine groups is 1. The van der Waals surface area contributed by atoms with Gasteiger partial charge < -0.3 is 9.80 Å². The number of hydrogen-bond acceptors (Lipinski definition) is 5. The summed E-state index contributed by atoms with van der Waals surface area (Å²) in [4.78, 5) is 16.2. The Kier molecular flexibility index (Phi) is 6.41. The van der Waals surface area contributed by atoms with E-state index in [0.717, 1.165) is 17.3 Å². The summed E-state index contributed by atoms with van der Waals surface area (Å²) in [6.45, 7) is 5.56. The molecular weight excluding hydrogens is 394 g/mol. The normalized spacial score (nSPS) is 14.9. The van der Waals surface area contributed by atoms with E-state index in [4.69, 9.17) is 0 Å². The van der Waals surface area contributed by atoms with Crippen LogP contribution in [0.25, 0.3) is 0 Å². The van der Waals surface area contributed by atoms with Crippen LogP contribution in [0.1, 0.15) is 19.4 Å². The van der Waals surface area contributed by atoms with Gasteiger partial charge in [-0.1, -0.05) is 54.2 Å². The third-order valence-electron chi connectivity index (χ3n) is 4.49. The Morgan fingerprint density at radius 1 is 1.04 bits per heavy atom. The lowest BCUT2D eigenvalue weighted by molar-refractivity contribution is -0.127. The molecule has 1 amide bonds. The Morgan fingerprint density at radius 3 is 2.36 bits per heavy atom. The second kappa shape index (κ2) is 8.79. The molecule has 0 fully saturated rings. The maximum atomic E-state index is 12.6. The van der Waals surface area contributed by atoms with E-state index in [1.807, 2.05) is 49.1 Å². The Labute approximate surface area is 170 Å². The number of amides is 1. The molecule has 0 N–H and O–H groups in total. The zero-order chi connectivity index (χ0) is 20.1. The number of thioether (sulfide) groups is 1. The van der Waals surface area contributed by atoms with Crippen LogP contribution >= 0.6 is 11.8 Å². The van der Waals surface area contributed by atoms with Crippen molar-refractivity contribution in [1.82, 2.24) is 4.90 Å². The van der Waals surface area contributed by atoms with Gasteiger partial charge in [0.15, 0.2) is 5.17 Å². The fourth-order valence-electron chi connectivity index (χ4n) is 3.02. The Bertz CT molecular complexity index is 971. The summed E-state index contributed by atoms with van der Waals surface area (Å²) in [5, 5.41) is 0.322. The van der Waals surface area contributed by atoms with Crippen molar-refractivity contribution in [2.45, 2.75) is 25.3 Å². The van der Waals surface area contributed by atoms with E-state index in [2.05, 4.69) is 4.40 Å². The zero-order valence-electron chi connectivity index (χ0n) is 15.9. The summed E-state index contributed by atoms with van der Waals surface area (Å²) in [5.74, 6) is 0.109. The van der Waals surface area contributed by atoms with Crippen LogP contribution < -0.4 is 4.90 Å². The van der Waals surface area contributed by atoms with Crippen molar-refractivity contribution in [3.8, 4) is 0 Å². The molecule has 148 valence electrons. The topological polar surface area (TPSA) is 70.0 Å². The van der Waals surface area contributed by atoms with Gasteiger partial charge in [-0.25, -0.2) is 0 Å². The molecule has 0 atom stereocenters. The monoisotopic (exact) mass is 417 g/mol. The van der Waals surface area contributed by atoms with Crippen molar-refractivity contribution in [2.24, 2.45) is 4.40 Å². The van der Waals surface area contributed by atoms with Crippen molar-refractivity contribution in [3.63, 3.8) is 0 Å². The number of nitrogens with zero attached hydrogens (tertiary/aromatic N) is 3. The molecule has 0 aliphatic carbocycles. The van der Waals surface area contributed by atoms with Crippen LogP contribution in [0.3, 0.4) is 0 Å². The van der Waals surface area contributed by atoms with Crippen molar-refractivity contribution < 1.29 is 13.2 Å². The Balaban J connectivity index is 1.93. The average molecular weight is 418 g/mol. The molecule has 3 rings (SSSR count). The van der Waals surface area contributed by atoms with Gasteiger partial charge in [-0.3, -0.25) is 4.79 Å². The van der Waals surface area contributed by atoms with E-state index in [9.17, 15) is 13.2 Å². The van der Waals surface area contributed by atoms with E-state index in [1.165, 1.54) is 0 Å². The highest BCUT2D eigenvalue weighted by Crippen LogP contribution is 2.35. The summed E-state index contributed by atoms with van der Waals surface area (Å²) in [7, 11) is -3.80. The molecule has 0 saturated heterocycles. The van der Waals surface area contributed by atoms with E-state index in [0.29, 0.717) is 30.5 Å². The van der Waals surface area contributed by atoms with Gasteiger partial charge in [0, 0.05) is 13.1 Å². The number of sulfonamides is 1. The third-order valence-corrected chi connectivity index (χ3v) is 6.88. The number of carbonyl (C=O) groups is 1. The number of carbonyl (C=O) groups excluding carboxylic acids is 1. The zero-order valence-corrected chi connectivity index (χ0v) is 17.5. The predicted octanol–water partition coefficient (Wildman–Crippen LogP) is 3.35. The van der Waals surface area contributed by atoms with Gasteiger partial charge in [0.2, 0.25) is 5.91 Å². The molecule has 1 aliphatic heterocycles. The molecule has 2 aromatic carbocycles. The predicted molar refractivity (Wildman–Crippen MR) is 114 cm³/mol. The van der Waals surface area contributed by atoms with Crippen LogP contribution in [0.4, 0.5) is 5.69 Å². The van der Waals surface area contributed by atoms with Crippen LogP contribution in [-0.4, -0.2) is 43.2 Å². The molecule has 2 aromatic rings. The molecule has 0 saturated carbocycles. The maximum Gasteiger partial charge on any atom is 0.286 e. The molecule has 0 aromatic heterocycles. The largest absolute Gasteiger partial charge is 0.343 e. The van der Waals surface area contributed by atoms with Crippen molar-refractivity contribution in [3.05, 3.63) is 60.2 Å². The van der Waals surface area contributed by atoms with E-state index >= 15 is 0 Å². The number of rotatable bonds is 6. The highest BCUT2D eigenvalue weighted by molar-refractivity contribution is 8.15. The SMILES string of the molecule is CCN(CC)C(=O)CSC1=NS(=O)(=O)c2ccccc2N1Cc1ccccc1. The average Bonchev–Trinajstić information content (AvgIpc) is 2.70.